The number of hydrogen-bond acceptors (Lipinski definition) is 3. The lowest BCUT2D eigenvalue weighted by atomic mass is 10.0. The first-order valence-electron chi connectivity index (χ1n) is 7.24. The predicted octanol–water partition coefficient (Wildman–Crippen LogP) is 3.73. The van der Waals surface area contributed by atoms with E-state index in [4.69, 9.17) is 0 Å². The summed E-state index contributed by atoms with van der Waals surface area (Å²) in [5.41, 5.74) is 1.34. The Balaban J connectivity index is 2.07. The van der Waals surface area contributed by atoms with Gasteiger partial charge in [-0.2, -0.15) is 0 Å². The van der Waals surface area contributed by atoms with Gasteiger partial charge in [-0.3, -0.25) is 4.31 Å². The predicted molar refractivity (Wildman–Crippen MR) is 82.4 cm³/mol. The van der Waals surface area contributed by atoms with Gasteiger partial charge in [-0.15, -0.1) is 13.2 Å². The molecule has 24 heavy (non-hydrogen) atoms. The molecule has 0 aromatic heterocycles. The van der Waals surface area contributed by atoms with Crippen LogP contribution in [0.2, 0.25) is 0 Å². The van der Waals surface area contributed by atoms with E-state index in [1.54, 1.807) is 18.2 Å². The van der Waals surface area contributed by atoms with E-state index >= 15 is 0 Å². The van der Waals surface area contributed by atoms with Crippen LogP contribution in [-0.2, 0) is 16.4 Å². The lowest BCUT2D eigenvalue weighted by molar-refractivity contribution is -0.275. The quantitative estimate of drug-likeness (QED) is 0.841. The van der Waals surface area contributed by atoms with Crippen LogP contribution in [0.3, 0.4) is 0 Å². The fourth-order valence-corrected chi connectivity index (χ4v) is 4.40. The summed E-state index contributed by atoms with van der Waals surface area (Å²) < 4.78 is 68.6. The van der Waals surface area contributed by atoms with Crippen molar-refractivity contribution in [2.24, 2.45) is 0 Å². The minimum Gasteiger partial charge on any atom is -0.404 e. The zero-order valence-electron chi connectivity index (χ0n) is 12.5. The Kier molecular flexibility index (Phi) is 4.16. The molecule has 0 radical (unpaired) electrons. The molecule has 0 aliphatic carbocycles. The molecule has 4 nitrogen and oxygen atoms in total. The zero-order valence-corrected chi connectivity index (χ0v) is 13.3. The first kappa shape index (κ1) is 16.6. The second-order valence-electron chi connectivity index (χ2n) is 5.30. The number of sulfonamides is 1. The van der Waals surface area contributed by atoms with Crippen LogP contribution in [0.15, 0.2) is 53.4 Å². The van der Waals surface area contributed by atoms with Crippen LogP contribution < -0.4 is 9.04 Å². The summed E-state index contributed by atoms with van der Waals surface area (Å²) in [7, 11) is -4.17. The molecule has 1 aliphatic rings. The fraction of sp³-hybridized carbons (Fsp3) is 0.250. The zero-order chi connectivity index (χ0) is 17.4. The molecule has 0 unspecified atom stereocenters. The fourth-order valence-electron chi connectivity index (χ4n) is 2.74. The van der Waals surface area contributed by atoms with Crippen molar-refractivity contribution in [2.45, 2.75) is 24.1 Å². The second kappa shape index (κ2) is 6.01. The van der Waals surface area contributed by atoms with Gasteiger partial charge in [-0.1, -0.05) is 30.3 Å². The van der Waals surface area contributed by atoms with Crippen LogP contribution in [0.1, 0.15) is 12.0 Å². The number of aryl methyl sites for hydroxylation is 1. The van der Waals surface area contributed by atoms with Crippen molar-refractivity contribution in [3.63, 3.8) is 0 Å². The van der Waals surface area contributed by atoms with E-state index < -0.39 is 27.0 Å². The number of alkyl halides is 3. The molecule has 0 N–H and O–H groups in total. The summed E-state index contributed by atoms with van der Waals surface area (Å²) in [6, 6.07) is 11.7. The Hall–Kier alpha value is -2.22. The van der Waals surface area contributed by atoms with Crippen molar-refractivity contribution in [1.82, 2.24) is 0 Å². The highest BCUT2D eigenvalue weighted by Gasteiger charge is 2.36. The summed E-state index contributed by atoms with van der Waals surface area (Å²) in [5, 5.41) is 0. The normalized spacial score (nSPS) is 15.0. The van der Waals surface area contributed by atoms with Crippen molar-refractivity contribution < 1.29 is 26.3 Å². The Morgan fingerprint density at radius 2 is 1.67 bits per heavy atom. The molecule has 1 aliphatic heterocycles. The standard InChI is InChI=1S/C16H14F3NO3S/c17-16(18,19)23-14-9-3-4-10-15(14)24(21,22)20-11-5-7-12-6-1-2-8-13(12)20/h1-4,6,8-10H,5,7,11H2. The summed E-state index contributed by atoms with van der Waals surface area (Å²) >= 11 is 0. The number of fused-ring (bicyclic) bond motifs is 1. The van der Waals surface area contributed by atoms with E-state index in [0.29, 0.717) is 12.1 Å². The average molecular weight is 357 g/mol. The van der Waals surface area contributed by atoms with Crippen molar-refractivity contribution in [1.29, 1.82) is 0 Å². The lowest BCUT2D eigenvalue weighted by Crippen LogP contribution is -2.36. The highest BCUT2D eigenvalue weighted by molar-refractivity contribution is 7.93. The van der Waals surface area contributed by atoms with E-state index in [1.807, 2.05) is 6.07 Å². The maximum atomic E-state index is 12.9. The third kappa shape index (κ3) is 3.19. The number of nitrogens with zero attached hydrogens (tertiary/aromatic N) is 1. The number of ether oxygens (including phenoxy) is 1. The van der Waals surface area contributed by atoms with E-state index in [0.717, 1.165) is 28.4 Å². The van der Waals surface area contributed by atoms with Gasteiger partial charge in [0.25, 0.3) is 10.0 Å². The minimum atomic E-state index is -4.97. The van der Waals surface area contributed by atoms with Crippen molar-refractivity contribution in [3.05, 3.63) is 54.1 Å². The molecule has 0 atom stereocenters. The molecule has 1 heterocycles. The van der Waals surface area contributed by atoms with Crippen LogP contribution in [0.5, 0.6) is 5.75 Å². The van der Waals surface area contributed by atoms with Gasteiger partial charge in [-0.05, 0) is 36.6 Å². The average Bonchev–Trinajstić information content (AvgIpc) is 2.53. The van der Waals surface area contributed by atoms with Gasteiger partial charge >= 0.3 is 6.36 Å². The molecule has 3 rings (SSSR count). The number of benzene rings is 2. The van der Waals surface area contributed by atoms with Gasteiger partial charge in [0.1, 0.15) is 10.6 Å². The Labute approximate surface area is 137 Å². The molecule has 0 fully saturated rings. The van der Waals surface area contributed by atoms with Gasteiger partial charge in [0, 0.05) is 6.54 Å². The summed E-state index contributed by atoms with van der Waals surface area (Å²) in [6.45, 7) is 0.208. The molecule has 0 saturated carbocycles. The lowest BCUT2D eigenvalue weighted by Gasteiger charge is -2.30. The first-order valence-corrected chi connectivity index (χ1v) is 8.68. The second-order valence-corrected chi connectivity index (χ2v) is 7.13. The first-order chi connectivity index (χ1) is 11.3. The molecule has 0 amide bonds. The van der Waals surface area contributed by atoms with E-state index in [9.17, 15) is 21.6 Å². The SMILES string of the molecule is O=S(=O)(c1ccccc1OC(F)(F)F)N1CCCc2ccccc21. The van der Waals surface area contributed by atoms with Gasteiger partial charge in [0.15, 0.2) is 0 Å². The molecule has 0 spiro atoms. The van der Waals surface area contributed by atoms with Crippen molar-refractivity contribution in [3.8, 4) is 5.75 Å². The molecule has 0 saturated heterocycles. The van der Waals surface area contributed by atoms with Crippen LogP contribution in [0.25, 0.3) is 0 Å². The summed E-state index contributed by atoms with van der Waals surface area (Å²) in [6.07, 6.45) is -3.65. The Morgan fingerprint density at radius 1 is 1.00 bits per heavy atom. The third-order valence-corrected chi connectivity index (χ3v) is 5.56. The van der Waals surface area contributed by atoms with Crippen LogP contribution in [-0.4, -0.2) is 21.3 Å². The molecule has 0 bridgehead atoms. The highest BCUT2D eigenvalue weighted by atomic mass is 32.2. The minimum absolute atomic E-state index is 0.208. The summed E-state index contributed by atoms with van der Waals surface area (Å²) in [5.74, 6) is -0.729. The molecule has 8 heteroatoms. The number of rotatable bonds is 3. The smallest absolute Gasteiger partial charge is 0.404 e. The van der Waals surface area contributed by atoms with Crippen LogP contribution in [0, 0.1) is 0 Å². The number of para-hydroxylation sites is 2. The van der Waals surface area contributed by atoms with Gasteiger partial charge < -0.3 is 4.74 Å². The molecular formula is C16H14F3NO3S. The van der Waals surface area contributed by atoms with E-state index in [-0.39, 0.29) is 6.54 Å². The van der Waals surface area contributed by atoms with E-state index in [1.165, 1.54) is 12.1 Å². The van der Waals surface area contributed by atoms with Crippen LogP contribution >= 0.6 is 0 Å². The Bertz CT molecular complexity index is 850. The molecule has 2 aromatic carbocycles. The molecular weight excluding hydrogens is 343 g/mol. The third-order valence-electron chi connectivity index (χ3n) is 3.71. The van der Waals surface area contributed by atoms with Crippen molar-refractivity contribution in [2.75, 3.05) is 10.8 Å². The summed E-state index contributed by atoms with van der Waals surface area (Å²) in [4.78, 5) is -0.501. The van der Waals surface area contributed by atoms with Crippen molar-refractivity contribution >= 4 is 15.7 Å². The number of hydrogen-bond donors (Lipinski definition) is 0. The van der Waals surface area contributed by atoms with E-state index in [2.05, 4.69) is 4.74 Å². The van der Waals surface area contributed by atoms with Gasteiger partial charge in [-0.25, -0.2) is 8.42 Å². The molecule has 128 valence electrons. The Morgan fingerprint density at radius 3 is 2.42 bits per heavy atom. The van der Waals surface area contributed by atoms with Gasteiger partial charge in [0.2, 0.25) is 0 Å². The monoisotopic (exact) mass is 357 g/mol. The largest absolute Gasteiger partial charge is 0.573 e. The number of anilines is 1. The van der Waals surface area contributed by atoms with Gasteiger partial charge in [0.05, 0.1) is 5.69 Å². The molecule has 2 aromatic rings. The topological polar surface area (TPSA) is 46.6 Å². The van der Waals surface area contributed by atoms with Crippen LogP contribution in [0.4, 0.5) is 18.9 Å². The number of halogens is 3. The highest BCUT2D eigenvalue weighted by Crippen LogP contribution is 2.36. The maximum Gasteiger partial charge on any atom is 0.573 e. The maximum absolute atomic E-state index is 12.9.